The Morgan fingerprint density at radius 3 is 2.47 bits per heavy atom. The lowest BCUT2D eigenvalue weighted by Gasteiger charge is -2.35. The molecular weight excluding hydrogens is 386 g/mol. The predicted molar refractivity (Wildman–Crippen MR) is 108 cm³/mol. The number of hydrogen-bond acceptors (Lipinski definition) is 7. The van der Waals surface area contributed by atoms with Crippen molar-refractivity contribution in [3.63, 3.8) is 0 Å². The van der Waals surface area contributed by atoms with Crippen LogP contribution in [0.4, 0.5) is 5.82 Å². The quantitative estimate of drug-likeness (QED) is 0.497. The fourth-order valence-corrected chi connectivity index (χ4v) is 3.60. The predicted octanol–water partition coefficient (Wildman–Crippen LogP) is 0.919. The van der Waals surface area contributed by atoms with Crippen molar-refractivity contribution in [2.45, 2.75) is 6.54 Å². The Balaban J connectivity index is 1.23. The number of aromatic nitrogens is 5. The zero-order chi connectivity index (χ0) is 20.5. The number of piperazine rings is 1. The lowest BCUT2D eigenvalue weighted by atomic mass is 10.3. The Bertz CT molecular complexity index is 1220. The summed E-state index contributed by atoms with van der Waals surface area (Å²) in [4.78, 5) is 28.7. The van der Waals surface area contributed by atoms with E-state index >= 15 is 0 Å². The number of rotatable bonds is 4. The minimum Gasteiger partial charge on any atom is -0.408 e. The van der Waals surface area contributed by atoms with Crippen molar-refractivity contribution >= 4 is 22.8 Å². The third-order valence-electron chi connectivity index (χ3n) is 5.20. The van der Waals surface area contributed by atoms with Crippen LogP contribution >= 0.6 is 0 Å². The third-order valence-corrected chi connectivity index (χ3v) is 5.20. The van der Waals surface area contributed by atoms with Crippen molar-refractivity contribution in [2.24, 2.45) is 0 Å². The number of fused-ring (bicyclic) bond motifs is 1. The van der Waals surface area contributed by atoms with Gasteiger partial charge in [-0.05, 0) is 30.3 Å². The molecule has 1 aromatic carbocycles. The van der Waals surface area contributed by atoms with Gasteiger partial charge < -0.3 is 14.2 Å². The number of carbonyl (C=O) groups excluding carboxylic acids is 1. The molecule has 10 nitrogen and oxygen atoms in total. The van der Waals surface area contributed by atoms with E-state index in [-0.39, 0.29) is 12.5 Å². The van der Waals surface area contributed by atoms with Crippen molar-refractivity contribution in [3.8, 4) is 5.82 Å². The molecule has 0 N–H and O–H groups in total. The summed E-state index contributed by atoms with van der Waals surface area (Å²) in [5, 5.41) is 12.6. The molecular formula is C20H19N7O3. The molecule has 0 saturated carbocycles. The molecule has 0 unspecified atom stereocenters. The Kier molecular flexibility index (Phi) is 4.51. The van der Waals surface area contributed by atoms with Gasteiger partial charge in [-0.15, -0.1) is 10.2 Å². The first-order valence-corrected chi connectivity index (χ1v) is 9.64. The lowest BCUT2D eigenvalue weighted by molar-refractivity contribution is -0.132. The van der Waals surface area contributed by atoms with Crippen LogP contribution in [0.2, 0.25) is 0 Å². The smallest absolute Gasteiger partial charge is 0.408 e. The molecule has 1 aliphatic heterocycles. The lowest BCUT2D eigenvalue weighted by Crippen LogP contribution is -2.50. The molecule has 1 amide bonds. The molecule has 0 radical (unpaired) electrons. The van der Waals surface area contributed by atoms with Crippen LogP contribution in [0.1, 0.15) is 0 Å². The van der Waals surface area contributed by atoms with Crippen LogP contribution in [0.25, 0.3) is 16.9 Å². The fourth-order valence-electron chi connectivity index (χ4n) is 3.60. The third kappa shape index (κ3) is 3.32. The zero-order valence-corrected chi connectivity index (χ0v) is 16.1. The summed E-state index contributed by atoms with van der Waals surface area (Å²) in [5.74, 6) is 0.782. The van der Waals surface area contributed by atoms with E-state index in [1.165, 1.54) is 4.57 Å². The molecule has 1 fully saturated rings. The van der Waals surface area contributed by atoms with Crippen LogP contribution in [0.15, 0.2) is 64.1 Å². The average molecular weight is 405 g/mol. The molecule has 1 aliphatic rings. The Labute approximate surface area is 170 Å². The molecule has 152 valence electrons. The van der Waals surface area contributed by atoms with E-state index in [0.29, 0.717) is 43.1 Å². The van der Waals surface area contributed by atoms with Crippen molar-refractivity contribution < 1.29 is 9.21 Å². The summed E-state index contributed by atoms with van der Waals surface area (Å²) in [7, 11) is 0. The Hall–Kier alpha value is -3.95. The van der Waals surface area contributed by atoms with Crippen LogP contribution in [0.5, 0.6) is 0 Å². The number of nitrogens with zero attached hydrogens (tertiary/aromatic N) is 7. The summed E-state index contributed by atoms with van der Waals surface area (Å²) in [6.45, 7) is 2.34. The first-order chi connectivity index (χ1) is 14.7. The SMILES string of the molecule is O=C(Cn1c(=O)oc2ccccc21)N1CCN(c2ccc(-n3cccn3)nn2)CC1. The number of carbonyl (C=O) groups is 1. The summed E-state index contributed by atoms with van der Waals surface area (Å²) in [6.07, 6.45) is 3.49. The Morgan fingerprint density at radius 1 is 0.967 bits per heavy atom. The molecule has 30 heavy (non-hydrogen) atoms. The normalized spacial score (nSPS) is 14.4. The van der Waals surface area contributed by atoms with E-state index in [9.17, 15) is 9.59 Å². The molecule has 0 atom stereocenters. The molecule has 10 heteroatoms. The minimum atomic E-state index is -0.518. The molecule has 0 bridgehead atoms. The van der Waals surface area contributed by atoms with Crippen molar-refractivity contribution in [3.05, 3.63) is 65.4 Å². The number of oxazole rings is 1. The maximum absolute atomic E-state index is 12.7. The van der Waals surface area contributed by atoms with Crippen LogP contribution in [-0.2, 0) is 11.3 Å². The highest BCUT2D eigenvalue weighted by atomic mass is 16.4. The molecule has 5 rings (SSSR count). The number of hydrogen-bond donors (Lipinski definition) is 0. The van der Waals surface area contributed by atoms with Crippen molar-refractivity contribution in [2.75, 3.05) is 31.1 Å². The molecule has 0 spiro atoms. The van der Waals surface area contributed by atoms with Gasteiger partial charge in [-0.3, -0.25) is 9.36 Å². The van der Waals surface area contributed by atoms with Crippen LogP contribution in [0.3, 0.4) is 0 Å². The number of para-hydroxylation sites is 2. The van der Waals surface area contributed by atoms with Crippen LogP contribution in [-0.4, -0.2) is 61.5 Å². The van der Waals surface area contributed by atoms with Gasteiger partial charge in [0.1, 0.15) is 6.54 Å². The zero-order valence-electron chi connectivity index (χ0n) is 16.1. The van der Waals surface area contributed by atoms with Gasteiger partial charge in [-0.25, -0.2) is 9.48 Å². The number of benzene rings is 1. The summed E-state index contributed by atoms with van der Waals surface area (Å²) >= 11 is 0. The molecule has 3 aromatic heterocycles. The van der Waals surface area contributed by atoms with Crippen LogP contribution < -0.4 is 10.7 Å². The monoisotopic (exact) mass is 405 g/mol. The topological polar surface area (TPSA) is 102 Å². The standard InChI is InChI=1S/C20H19N7O3/c28-19(14-26-15-4-1-2-5-16(15)30-20(26)29)25-12-10-24(11-13-25)17-6-7-18(23-22-17)27-9-3-8-21-27/h1-9H,10-14H2. The molecule has 0 aliphatic carbocycles. The van der Waals surface area contributed by atoms with E-state index in [0.717, 1.165) is 5.82 Å². The van der Waals surface area contributed by atoms with E-state index in [2.05, 4.69) is 20.2 Å². The number of amides is 1. The minimum absolute atomic E-state index is 0.0335. The van der Waals surface area contributed by atoms with E-state index in [4.69, 9.17) is 4.42 Å². The second-order valence-corrected chi connectivity index (χ2v) is 6.99. The van der Waals surface area contributed by atoms with Crippen molar-refractivity contribution in [1.29, 1.82) is 0 Å². The first kappa shape index (κ1) is 18.1. The summed E-state index contributed by atoms with van der Waals surface area (Å²) < 4.78 is 8.23. The van der Waals surface area contributed by atoms with E-state index in [1.54, 1.807) is 34.0 Å². The summed E-state index contributed by atoms with van der Waals surface area (Å²) in [5.41, 5.74) is 1.11. The highest BCUT2D eigenvalue weighted by Gasteiger charge is 2.23. The van der Waals surface area contributed by atoms with Gasteiger partial charge in [0.2, 0.25) is 5.91 Å². The van der Waals surface area contributed by atoms with Crippen molar-refractivity contribution in [1.82, 2.24) is 29.4 Å². The van der Waals surface area contributed by atoms with Gasteiger partial charge >= 0.3 is 5.76 Å². The molecule has 4 heterocycles. The second-order valence-electron chi connectivity index (χ2n) is 6.99. The maximum Gasteiger partial charge on any atom is 0.420 e. The maximum atomic E-state index is 12.7. The van der Waals surface area contributed by atoms with Crippen LogP contribution in [0, 0.1) is 0 Å². The first-order valence-electron chi connectivity index (χ1n) is 9.64. The molecule has 4 aromatic rings. The number of anilines is 1. The van der Waals surface area contributed by atoms with Gasteiger partial charge in [-0.1, -0.05) is 12.1 Å². The van der Waals surface area contributed by atoms with E-state index < -0.39 is 5.76 Å². The van der Waals surface area contributed by atoms with E-state index in [1.807, 2.05) is 30.5 Å². The summed E-state index contributed by atoms with van der Waals surface area (Å²) in [6, 6.07) is 12.7. The van der Waals surface area contributed by atoms with Gasteiger partial charge in [-0.2, -0.15) is 5.10 Å². The fraction of sp³-hybridized carbons (Fsp3) is 0.250. The van der Waals surface area contributed by atoms with Gasteiger partial charge in [0.25, 0.3) is 0 Å². The second kappa shape index (κ2) is 7.47. The highest BCUT2D eigenvalue weighted by molar-refractivity contribution is 5.79. The Morgan fingerprint density at radius 2 is 1.73 bits per heavy atom. The van der Waals surface area contributed by atoms with Gasteiger partial charge in [0, 0.05) is 38.6 Å². The van der Waals surface area contributed by atoms with Gasteiger partial charge in [0.15, 0.2) is 17.2 Å². The van der Waals surface area contributed by atoms with Gasteiger partial charge in [0.05, 0.1) is 5.52 Å². The highest BCUT2D eigenvalue weighted by Crippen LogP contribution is 2.15. The average Bonchev–Trinajstić information content (AvgIpc) is 3.43. The molecule has 1 saturated heterocycles. The largest absolute Gasteiger partial charge is 0.420 e.